The molecular formula is C10H11ClN2OS. The minimum atomic E-state index is 0.722. The summed E-state index contributed by atoms with van der Waals surface area (Å²) in [5.74, 6) is 0.893. The van der Waals surface area contributed by atoms with Crippen LogP contribution in [-0.4, -0.2) is 29.4 Å². The summed E-state index contributed by atoms with van der Waals surface area (Å²) in [6.07, 6.45) is 0. The number of nitrogens with zero attached hydrogens (tertiary/aromatic N) is 1. The molecule has 0 amide bonds. The molecule has 1 aromatic heterocycles. The summed E-state index contributed by atoms with van der Waals surface area (Å²) in [5.41, 5.74) is 1.92. The fraction of sp³-hybridized carbons (Fsp3) is 0.300. The number of fused-ring (bicyclic) bond motifs is 1. The standard InChI is InChI=1S/C10H11ClN2OS/c1-14-4-5-15-10-12-8-3-2-7(11)6-9(8)13-10/h2-3,6H,4-5H2,1H3,(H,12,13). The van der Waals surface area contributed by atoms with Gasteiger partial charge in [0.25, 0.3) is 0 Å². The second kappa shape index (κ2) is 4.88. The monoisotopic (exact) mass is 242 g/mol. The number of benzene rings is 1. The van der Waals surface area contributed by atoms with Gasteiger partial charge in [0.15, 0.2) is 5.16 Å². The highest BCUT2D eigenvalue weighted by Gasteiger charge is 2.03. The molecule has 1 N–H and O–H groups in total. The smallest absolute Gasteiger partial charge is 0.166 e. The van der Waals surface area contributed by atoms with Crippen LogP contribution in [0.15, 0.2) is 23.4 Å². The number of methoxy groups -OCH3 is 1. The Labute approximate surface area is 97.2 Å². The van der Waals surface area contributed by atoms with Crippen LogP contribution in [0.5, 0.6) is 0 Å². The zero-order valence-corrected chi connectivity index (χ0v) is 9.86. The first-order valence-electron chi connectivity index (χ1n) is 4.56. The Morgan fingerprint density at radius 1 is 1.53 bits per heavy atom. The Morgan fingerprint density at radius 2 is 2.40 bits per heavy atom. The van der Waals surface area contributed by atoms with Gasteiger partial charge in [0.2, 0.25) is 0 Å². The zero-order chi connectivity index (χ0) is 10.7. The molecule has 2 rings (SSSR count). The lowest BCUT2D eigenvalue weighted by atomic mass is 10.3. The van der Waals surface area contributed by atoms with Gasteiger partial charge in [-0.1, -0.05) is 23.4 Å². The van der Waals surface area contributed by atoms with E-state index in [9.17, 15) is 0 Å². The lowest BCUT2D eigenvalue weighted by molar-refractivity contribution is 0.218. The van der Waals surface area contributed by atoms with Crippen molar-refractivity contribution in [1.29, 1.82) is 0 Å². The molecule has 0 bridgehead atoms. The topological polar surface area (TPSA) is 37.9 Å². The first-order valence-corrected chi connectivity index (χ1v) is 5.93. The van der Waals surface area contributed by atoms with E-state index < -0.39 is 0 Å². The molecule has 0 saturated heterocycles. The van der Waals surface area contributed by atoms with E-state index in [-0.39, 0.29) is 0 Å². The third-order valence-electron chi connectivity index (χ3n) is 1.95. The van der Waals surface area contributed by atoms with Gasteiger partial charge in [-0.05, 0) is 18.2 Å². The molecule has 5 heteroatoms. The first kappa shape index (κ1) is 10.8. The molecule has 15 heavy (non-hydrogen) atoms. The highest BCUT2D eigenvalue weighted by molar-refractivity contribution is 7.99. The van der Waals surface area contributed by atoms with Crippen molar-refractivity contribution in [2.75, 3.05) is 19.5 Å². The summed E-state index contributed by atoms with van der Waals surface area (Å²) in [5, 5.41) is 1.63. The van der Waals surface area contributed by atoms with Crippen molar-refractivity contribution >= 4 is 34.4 Å². The third kappa shape index (κ3) is 2.65. The summed E-state index contributed by atoms with van der Waals surface area (Å²) in [7, 11) is 1.69. The number of H-pyrrole nitrogens is 1. The van der Waals surface area contributed by atoms with Crippen LogP contribution in [0.2, 0.25) is 5.02 Å². The van der Waals surface area contributed by atoms with Crippen molar-refractivity contribution in [3.05, 3.63) is 23.2 Å². The lowest BCUT2D eigenvalue weighted by Gasteiger charge is -1.94. The van der Waals surface area contributed by atoms with Gasteiger partial charge >= 0.3 is 0 Å². The van der Waals surface area contributed by atoms with E-state index in [1.54, 1.807) is 18.9 Å². The second-order valence-corrected chi connectivity index (χ2v) is 4.56. The molecule has 0 saturated carbocycles. The normalized spacial score (nSPS) is 11.1. The molecule has 0 fully saturated rings. The van der Waals surface area contributed by atoms with E-state index in [2.05, 4.69) is 9.97 Å². The fourth-order valence-electron chi connectivity index (χ4n) is 1.25. The van der Waals surface area contributed by atoms with E-state index in [0.29, 0.717) is 0 Å². The van der Waals surface area contributed by atoms with Crippen LogP contribution in [0.1, 0.15) is 0 Å². The Balaban J connectivity index is 2.16. The maximum Gasteiger partial charge on any atom is 0.166 e. The molecule has 1 aromatic carbocycles. The van der Waals surface area contributed by atoms with Crippen LogP contribution in [-0.2, 0) is 4.74 Å². The summed E-state index contributed by atoms with van der Waals surface area (Å²) in [4.78, 5) is 7.63. The van der Waals surface area contributed by atoms with Crippen molar-refractivity contribution in [1.82, 2.24) is 9.97 Å². The number of aromatic nitrogens is 2. The van der Waals surface area contributed by atoms with Gasteiger partial charge in [-0.25, -0.2) is 4.98 Å². The highest BCUT2D eigenvalue weighted by Crippen LogP contribution is 2.21. The number of rotatable bonds is 4. The van der Waals surface area contributed by atoms with Crippen LogP contribution in [0, 0.1) is 0 Å². The average molecular weight is 243 g/mol. The Bertz CT molecular complexity index is 458. The summed E-state index contributed by atoms with van der Waals surface area (Å²) < 4.78 is 4.97. The molecule has 0 aliphatic heterocycles. The SMILES string of the molecule is COCCSc1nc2ccc(Cl)cc2[nH]1. The van der Waals surface area contributed by atoms with E-state index in [4.69, 9.17) is 16.3 Å². The van der Waals surface area contributed by atoms with Gasteiger partial charge in [-0.15, -0.1) is 0 Å². The predicted molar refractivity (Wildman–Crippen MR) is 63.7 cm³/mol. The summed E-state index contributed by atoms with van der Waals surface area (Å²) >= 11 is 7.52. The third-order valence-corrected chi connectivity index (χ3v) is 3.02. The van der Waals surface area contributed by atoms with E-state index >= 15 is 0 Å². The number of ether oxygens (including phenoxy) is 1. The van der Waals surface area contributed by atoms with Crippen LogP contribution < -0.4 is 0 Å². The number of thioether (sulfide) groups is 1. The van der Waals surface area contributed by atoms with E-state index in [1.165, 1.54) is 0 Å². The molecule has 0 unspecified atom stereocenters. The number of aromatic amines is 1. The number of nitrogens with one attached hydrogen (secondary N) is 1. The molecule has 0 aliphatic rings. The van der Waals surface area contributed by atoms with Gasteiger partial charge in [-0.2, -0.15) is 0 Å². The number of halogens is 1. The molecule has 2 aromatic rings. The van der Waals surface area contributed by atoms with Crippen LogP contribution >= 0.6 is 23.4 Å². The molecule has 0 radical (unpaired) electrons. The Morgan fingerprint density at radius 3 is 3.20 bits per heavy atom. The maximum absolute atomic E-state index is 5.88. The zero-order valence-electron chi connectivity index (χ0n) is 8.29. The number of hydrogen-bond acceptors (Lipinski definition) is 3. The molecule has 1 heterocycles. The largest absolute Gasteiger partial charge is 0.384 e. The highest BCUT2D eigenvalue weighted by atomic mass is 35.5. The van der Waals surface area contributed by atoms with Gasteiger partial charge in [0, 0.05) is 17.9 Å². The van der Waals surface area contributed by atoms with Gasteiger partial charge in [0.05, 0.1) is 17.6 Å². The Kier molecular flexibility index (Phi) is 3.51. The van der Waals surface area contributed by atoms with Crippen molar-refractivity contribution in [3.8, 4) is 0 Å². The van der Waals surface area contributed by atoms with Crippen LogP contribution in [0.4, 0.5) is 0 Å². The lowest BCUT2D eigenvalue weighted by Crippen LogP contribution is -1.91. The van der Waals surface area contributed by atoms with Crippen LogP contribution in [0.3, 0.4) is 0 Å². The van der Waals surface area contributed by atoms with Gasteiger partial charge in [-0.3, -0.25) is 0 Å². The molecule has 0 aliphatic carbocycles. The predicted octanol–water partition coefficient (Wildman–Crippen LogP) is 2.95. The van der Waals surface area contributed by atoms with E-state index in [1.807, 2.05) is 18.2 Å². The minimum absolute atomic E-state index is 0.722. The molecule has 3 nitrogen and oxygen atoms in total. The molecular weight excluding hydrogens is 232 g/mol. The minimum Gasteiger partial charge on any atom is -0.384 e. The quantitative estimate of drug-likeness (QED) is 0.662. The van der Waals surface area contributed by atoms with E-state index in [0.717, 1.165) is 33.6 Å². The number of imidazole rings is 1. The number of hydrogen-bond donors (Lipinski definition) is 1. The van der Waals surface area contributed by atoms with Crippen molar-refractivity contribution in [2.24, 2.45) is 0 Å². The molecule has 0 atom stereocenters. The molecule has 0 spiro atoms. The van der Waals surface area contributed by atoms with Crippen molar-refractivity contribution in [2.45, 2.75) is 5.16 Å². The Hall–Kier alpha value is -0.710. The average Bonchev–Trinajstić information content (AvgIpc) is 2.60. The first-order chi connectivity index (χ1) is 7.29. The van der Waals surface area contributed by atoms with Crippen molar-refractivity contribution < 1.29 is 4.74 Å². The summed E-state index contributed by atoms with van der Waals surface area (Å²) in [6, 6.07) is 5.63. The van der Waals surface area contributed by atoms with Gasteiger partial charge in [0.1, 0.15) is 0 Å². The molecule has 80 valence electrons. The summed E-state index contributed by atoms with van der Waals surface area (Å²) in [6.45, 7) is 0.725. The van der Waals surface area contributed by atoms with Crippen molar-refractivity contribution in [3.63, 3.8) is 0 Å². The van der Waals surface area contributed by atoms with Gasteiger partial charge < -0.3 is 9.72 Å². The fourth-order valence-corrected chi connectivity index (χ4v) is 2.21. The maximum atomic E-state index is 5.88. The second-order valence-electron chi connectivity index (χ2n) is 3.04. The van der Waals surface area contributed by atoms with Crippen LogP contribution in [0.25, 0.3) is 11.0 Å².